The van der Waals surface area contributed by atoms with Crippen molar-refractivity contribution in [1.82, 2.24) is 4.98 Å². The normalized spacial score (nSPS) is 13.7. The SMILES string of the molecule is COc1cc2ncc(C)c(Cl)c2c2c1OCCO2. The predicted octanol–water partition coefficient (Wildman–Crippen LogP) is 2.98. The Balaban J connectivity index is 2.42. The zero-order valence-corrected chi connectivity index (χ0v) is 10.9. The lowest BCUT2D eigenvalue weighted by Crippen LogP contribution is -2.16. The number of ether oxygens (including phenoxy) is 3. The van der Waals surface area contributed by atoms with E-state index in [4.69, 9.17) is 25.8 Å². The van der Waals surface area contributed by atoms with Crippen molar-refractivity contribution in [3.8, 4) is 17.2 Å². The van der Waals surface area contributed by atoms with E-state index in [2.05, 4.69) is 4.98 Å². The first-order valence-corrected chi connectivity index (χ1v) is 6.01. The van der Waals surface area contributed by atoms with Crippen molar-refractivity contribution >= 4 is 22.5 Å². The average Bonchev–Trinajstić information content (AvgIpc) is 2.41. The molecule has 3 rings (SSSR count). The quantitative estimate of drug-likeness (QED) is 0.795. The summed E-state index contributed by atoms with van der Waals surface area (Å²) in [4.78, 5) is 4.36. The molecule has 0 saturated carbocycles. The number of hydrogen-bond donors (Lipinski definition) is 0. The number of aromatic nitrogens is 1. The summed E-state index contributed by atoms with van der Waals surface area (Å²) in [6.45, 7) is 2.92. The summed E-state index contributed by atoms with van der Waals surface area (Å²) in [5.41, 5.74) is 1.65. The van der Waals surface area contributed by atoms with E-state index < -0.39 is 0 Å². The molecular weight excluding hydrogens is 254 g/mol. The number of pyridine rings is 1. The Hall–Kier alpha value is -1.68. The highest BCUT2D eigenvalue weighted by Crippen LogP contribution is 2.47. The first-order chi connectivity index (χ1) is 8.72. The topological polar surface area (TPSA) is 40.6 Å². The Bertz CT molecular complexity index is 627. The van der Waals surface area contributed by atoms with E-state index in [1.165, 1.54) is 0 Å². The number of rotatable bonds is 1. The van der Waals surface area contributed by atoms with Gasteiger partial charge in [-0.2, -0.15) is 0 Å². The minimum atomic E-state index is 0.500. The van der Waals surface area contributed by atoms with Gasteiger partial charge >= 0.3 is 0 Å². The summed E-state index contributed by atoms with van der Waals surface area (Å²) >= 11 is 6.34. The largest absolute Gasteiger partial charge is 0.493 e. The van der Waals surface area contributed by atoms with Crippen LogP contribution in [0.2, 0.25) is 5.02 Å². The molecule has 18 heavy (non-hydrogen) atoms. The van der Waals surface area contributed by atoms with Crippen molar-refractivity contribution in [2.45, 2.75) is 6.92 Å². The summed E-state index contributed by atoms with van der Waals surface area (Å²) in [6.07, 6.45) is 1.74. The van der Waals surface area contributed by atoms with Crippen LogP contribution in [0.5, 0.6) is 17.2 Å². The molecule has 0 atom stereocenters. The van der Waals surface area contributed by atoms with Crippen LogP contribution in [-0.2, 0) is 0 Å². The molecule has 5 heteroatoms. The van der Waals surface area contributed by atoms with E-state index in [1.54, 1.807) is 13.3 Å². The van der Waals surface area contributed by atoms with Crippen molar-refractivity contribution in [1.29, 1.82) is 0 Å². The fraction of sp³-hybridized carbons (Fsp3) is 0.308. The zero-order valence-electron chi connectivity index (χ0n) is 10.1. The molecule has 0 radical (unpaired) electrons. The summed E-state index contributed by atoms with van der Waals surface area (Å²) in [5.74, 6) is 1.84. The first kappa shape index (κ1) is 11.4. The minimum Gasteiger partial charge on any atom is -0.493 e. The van der Waals surface area contributed by atoms with Crippen LogP contribution >= 0.6 is 11.6 Å². The Morgan fingerprint density at radius 3 is 2.72 bits per heavy atom. The van der Waals surface area contributed by atoms with Crippen molar-refractivity contribution in [3.05, 3.63) is 22.8 Å². The van der Waals surface area contributed by atoms with E-state index in [1.807, 2.05) is 13.0 Å². The molecule has 0 fully saturated rings. The van der Waals surface area contributed by atoms with Gasteiger partial charge in [0.25, 0.3) is 0 Å². The molecule has 1 aromatic heterocycles. The molecule has 0 amide bonds. The molecular formula is C13H12ClNO3. The summed E-state index contributed by atoms with van der Waals surface area (Å²) in [6, 6.07) is 1.81. The van der Waals surface area contributed by atoms with Gasteiger partial charge in [-0.15, -0.1) is 0 Å². The van der Waals surface area contributed by atoms with Gasteiger partial charge in [0.05, 0.1) is 23.0 Å². The van der Waals surface area contributed by atoms with Crippen LogP contribution in [-0.4, -0.2) is 25.3 Å². The van der Waals surface area contributed by atoms with Crippen LogP contribution in [0.15, 0.2) is 12.3 Å². The number of benzene rings is 1. The molecule has 0 aliphatic carbocycles. The monoisotopic (exact) mass is 265 g/mol. The molecule has 2 heterocycles. The van der Waals surface area contributed by atoms with Gasteiger partial charge in [0.15, 0.2) is 11.5 Å². The van der Waals surface area contributed by atoms with Crippen LogP contribution in [0.3, 0.4) is 0 Å². The maximum absolute atomic E-state index is 6.34. The number of halogens is 1. The third-order valence-electron chi connectivity index (χ3n) is 2.94. The third-order valence-corrected chi connectivity index (χ3v) is 3.43. The maximum Gasteiger partial charge on any atom is 0.204 e. The Kier molecular flexibility index (Phi) is 2.67. The van der Waals surface area contributed by atoms with Crippen molar-refractivity contribution in [2.75, 3.05) is 20.3 Å². The van der Waals surface area contributed by atoms with Crippen LogP contribution in [0.1, 0.15) is 5.56 Å². The molecule has 0 saturated heterocycles. The molecule has 0 bridgehead atoms. The van der Waals surface area contributed by atoms with Gasteiger partial charge < -0.3 is 14.2 Å². The molecule has 94 valence electrons. The van der Waals surface area contributed by atoms with Crippen LogP contribution in [0.25, 0.3) is 10.9 Å². The van der Waals surface area contributed by atoms with Gasteiger partial charge in [0.1, 0.15) is 13.2 Å². The second-order valence-electron chi connectivity index (χ2n) is 4.08. The second-order valence-corrected chi connectivity index (χ2v) is 4.46. The van der Waals surface area contributed by atoms with Gasteiger partial charge in [0.2, 0.25) is 5.75 Å². The van der Waals surface area contributed by atoms with E-state index in [0.29, 0.717) is 35.5 Å². The molecule has 2 aromatic rings. The van der Waals surface area contributed by atoms with E-state index in [0.717, 1.165) is 16.5 Å². The smallest absolute Gasteiger partial charge is 0.204 e. The maximum atomic E-state index is 6.34. The van der Waals surface area contributed by atoms with Crippen LogP contribution in [0.4, 0.5) is 0 Å². The molecule has 1 aliphatic rings. The van der Waals surface area contributed by atoms with Crippen molar-refractivity contribution in [2.24, 2.45) is 0 Å². The van der Waals surface area contributed by atoms with Gasteiger partial charge in [-0.3, -0.25) is 4.98 Å². The Morgan fingerprint density at radius 1 is 1.28 bits per heavy atom. The zero-order chi connectivity index (χ0) is 12.7. The van der Waals surface area contributed by atoms with E-state index in [9.17, 15) is 0 Å². The summed E-state index contributed by atoms with van der Waals surface area (Å²) < 4.78 is 16.6. The lowest BCUT2D eigenvalue weighted by Gasteiger charge is -2.22. The first-order valence-electron chi connectivity index (χ1n) is 5.63. The van der Waals surface area contributed by atoms with Crippen molar-refractivity contribution < 1.29 is 14.2 Å². The van der Waals surface area contributed by atoms with Gasteiger partial charge in [-0.25, -0.2) is 0 Å². The summed E-state index contributed by atoms with van der Waals surface area (Å²) in [7, 11) is 1.59. The van der Waals surface area contributed by atoms with E-state index in [-0.39, 0.29) is 0 Å². The molecule has 0 spiro atoms. The van der Waals surface area contributed by atoms with Gasteiger partial charge in [-0.05, 0) is 12.5 Å². The number of hydrogen-bond acceptors (Lipinski definition) is 4. The van der Waals surface area contributed by atoms with Crippen LogP contribution < -0.4 is 14.2 Å². The van der Waals surface area contributed by atoms with Gasteiger partial charge in [-0.1, -0.05) is 11.6 Å². The number of fused-ring (bicyclic) bond motifs is 3. The molecule has 0 N–H and O–H groups in total. The predicted molar refractivity (Wildman–Crippen MR) is 69.0 cm³/mol. The summed E-state index contributed by atoms with van der Waals surface area (Å²) in [5, 5.41) is 1.43. The van der Waals surface area contributed by atoms with Crippen LogP contribution in [0, 0.1) is 6.92 Å². The minimum absolute atomic E-state index is 0.500. The highest BCUT2D eigenvalue weighted by molar-refractivity contribution is 6.36. The fourth-order valence-corrected chi connectivity index (χ4v) is 2.28. The second kappa shape index (κ2) is 4.21. The lowest BCUT2D eigenvalue weighted by molar-refractivity contribution is 0.167. The fourth-order valence-electron chi connectivity index (χ4n) is 2.05. The molecule has 4 nitrogen and oxygen atoms in total. The lowest BCUT2D eigenvalue weighted by atomic mass is 10.1. The number of aryl methyl sites for hydroxylation is 1. The third kappa shape index (κ3) is 1.56. The highest BCUT2D eigenvalue weighted by Gasteiger charge is 2.23. The Labute approximate surface area is 109 Å². The number of methoxy groups -OCH3 is 1. The average molecular weight is 266 g/mol. The Morgan fingerprint density at radius 2 is 2.00 bits per heavy atom. The molecule has 1 aromatic carbocycles. The standard InChI is InChI=1S/C13H12ClNO3/c1-7-6-15-8-5-9(16-2)12-13(10(8)11(7)14)18-4-3-17-12/h5-6H,3-4H2,1-2H3. The molecule has 1 aliphatic heterocycles. The number of nitrogens with zero attached hydrogens (tertiary/aromatic N) is 1. The molecule has 0 unspecified atom stereocenters. The highest BCUT2D eigenvalue weighted by atomic mass is 35.5. The van der Waals surface area contributed by atoms with Gasteiger partial charge in [0, 0.05) is 12.3 Å². The van der Waals surface area contributed by atoms with Crippen molar-refractivity contribution in [3.63, 3.8) is 0 Å². The van der Waals surface area contributed by atoms with E-state index >= 15 is 0 Å².